The van der Waals surface area contributed by atoms with Crippen LogP contribution in [0, 0.1) is 13.8 Å². The molecule has 0 fully saturated rings. The van der Waals surface area contributed by atoms with Gasteiger partial charge in [0.1, 0.15) is 18.3 Å². The van der Waals surface area contributed by atoms with Gasteiger partial charge in [-0.2, -0.15) is 4.40 Å². The van der Waals surface area contributed by atoms with Crippen molar-refractivity contribution in [2.75, 3.05) is 0 Å². The van der Waals surface area contributed by atoms with E-state index in [0.29, 0.717) is 16.6 Å². The molecule has 4 aromatic heterocycles. The fraction of sp³-hybridized carbons (Fsp3) is 0.174. The molecule has 0 unspecified atom stereocenters. The summed E-state index contributed by atoms with van der Waals surface area (Å²) in [5, 5.41) is 1.08. The summed E-state index contributed by atoms with van der Waals surface area (Å²) < 4.78 is 6.53. The smallest absolute Gasteiger partial charge is 0.347 e. The number of para-hydroxylation sites is 1. The van der Waals surface area contributed by atoms with E-state index in [9.17, 15) is 4.79 Å². The van der Waals surface area contributed by atoms with Crippen molar-refractivity contribution >= 4 is 39.5 Å². The van der Waals surface area contributed by atoms with Gasteiger partial charge < -0.3 is 4.57 Å². The molecule has 0 aliphatic rings. The minimum Gasteiger partial charge on any atom is -0.347 e. The second kappa shape index (κ2) is 7.07. The summed E-state index contributed by atoms with van der Waals surface area (Å²) in [6.45, 7) is 4.68. The Hall–Kier alpha value is -2.96. The summed E-state index contributed by atoms with van der Waals surface area (Å²) in [4.78, 5) is 18.8. The summed E-state index contributed by atoms with van der Waals surface area (Å²) in [5.74, 6) is 0. The first-order valence-electron chi connectivity index (χ1n) is 9.64. The lowest BCUT2D eigenvalue weighted by atomic mass is 10.0. The third kappa shape index (κ3) is 2.87. The summed E-state index contributed by atoms with van der Waals surface area (Å²) in [5.41, 5.74) is 5.72. The quantitative estimate of drug-likeness (QED) is 0.391. The predicted molar refractivity (Wildman–Crippen MR) is 121 cm³/mol. The lowest BCUT2D eigenvalue weighted by Crippen LogP contribution is -2.41. The molecule has 0 aliphatic carbocycles. The highest BCUT2D eigenvalue weighted by Gasteiger charge is 2.24. The van der Waals surface area contributed by atoms with E-state index in [1.54, 1.807) is 10.6 Å². The van der Waals surface area contributed by atoms with Crippen molar-refractivity contribution in [3.8, 4) is 11.1 Å². The minimum atomic E-state index is -0.0215. The van der Waals surface area contributed by atoms with Crippen LogP contribution >= 0.6 is 22.9 Å². The molecule has 5 rings (SSSR count). The summed E-state index contributed by atoms with van der Waals surface area (Å²) in [6, 6.07) is 12.1. The number of rotatable bonds is 3. The molecular weight excluding hydrogens is 416 g/mol. The number of nitrogens with zero attached hydrogens (tertiary/aromatic N) is 4. The number of hydrogen-bond acceptors (Lipinski definition) is 3. The monoisotopic (exact) mass is 435 g/mol. The molecule has 0 saturated carbocycles. The SMILES string of the molecule is Cc1cccn2c(=O)c(-c3c(C)n(C)c4ccccc34)c[n+](Cc3cnc(Cl)s3)c12. The molecule has 0 spiro atoms. The van der Waals surface area contributed by atoms with Gasteiger partial charge >= 0.3 is 5.56 Å². The molecule has 5 nitrogen and oxygen atoms in total. The van der Waals surface area contributed by atoms with E-state index in [-0.39, 0.29) is 5.56 Å². The number of pyridine rings is 1. The van der Waals surface area contributed by atoms with Crippen LogP contribution in [-0.4, -0.2) is 14.0 Å². The van der Waals surface area contributed by atoms with Crippen LogP contribution in [0.5, 0.6) is 0 Å². The van der Waals surface area contributed by atoms with Gasteiger partial charge in [-0.1, -0.05) is 29.8 Å². The molecule has 0 bridgehead atoms. The molecule has 0 radical (unpaired) electrons. The van der Waals surface area contributed by atoms with Gasteiger partial charge in [0.15, 0.2) is 4.47 Å². The van der Waals surface area contributed by atoms with E-state index in [1.807, 2.05) is 50.6 Å². The number of benzene rings is 1. The lowest BCUT2D eigenvalue weighted by Gasteiger charge is -2.08. The van der Waals surface area contributed by atoms with Crippen molar-refractivity contribution in [1.82, 2.24) is 14.0 Å². The van der Waals surface area contributed by atoms with Gasteiger partial charge in [-0.3, -0.25) is 0 Å². The summed E-state index contributed by atoms with van der Waals surface area (Å²) in [7, 11) is 2.04. The maximum atomic E-state index is 13.6. The van der Waals surface area contributed by atoms with Crippen molar-refractivity contribution in [2.45, 2.75) is 20.4 Å². The first kappa shape index (κ1) is 19.0. The fourth-order valence-electron chi connectivity index (χ4n) is 4.22. The van der Waals surface area contributed by atoms with E-state index in [2.05, 4.69) is 33.2 Å². The lowest BCUT2D eigenvalue weighted by molar-refractivity contribution is -0.665. The van der Waals surface area contributed by atoms with Crippen molar-refractivity contribution < 1.29 is 4.57 Å². The number of aromatic nitrogens is 4. The zero-order valence-electron chi connectivity index (χ0n) is 16.9. The number of hydrogen-bond donors (Lipinski definition) is 0. The highest BCUT2D eigenvalue weighted by molar-refractivity contribution is 7.15. The Balaban J connectivity index is 1.86. The average Bonchev–Trinajstić information content (AvgIpc) is 3.25. The Morgan fingerprint density at radius 3 is 2.73 bits per heavy atom. The molecule has 150 valence electrons. The van der Waals surface area contributed by atoms with Crippen LogP contribution in [0.15, 0.2) is 59.8 Å². The molecule has 0 N–H and O–H groups in total. The molecule has 0 saturated heterocycles. The summed E-state index contributed by atoms with van der Waals surface area (Å²) >= 11 is 7.51. The zero-order chi connectivity index (χ0) is 21.0. The third-order valence-corrected chi connectivity index (χ3v) is 6.79. The van der Waals surface area contributed by atoms with Crippen molar-refractivity contribution in [3.63, 3.8) is 0 Å². The predicted octanol–water partition coefficient (Wildman–Crippen LogP) is 4.52. The highest BCUT2D eigenvalue weighted by Crippen LogP contribution is 2.32. The topological polar surface area (TPSA) is 43.2 Å². The number of aryl methyl sites for hydroxylation is 2. The number of fused-ring (bicyclic) bond motifs is 2. The maximum Gasteiger partial charge on any atom is 0.350 e. The van der Waals surface area contributed by atoms with Crippen LogP contribution < -0.4 is 10.1 Å². The molecular formula is C23H20ClN4OS+. The molecule has 1 aromatic carbocycles. The normalized spacial score (nSPS) is 11.6. The van der Waals surface area contributed by atoms with Gasteiger partial charge in [0.2, 0.25) is 0 Å². The molecule has 30 heavy (non-hydrogen) atoms. The fourth-order valence-corrected chi connectivity index (χ4v) is 5.19. The molecule has 0 amide bonds. The Morgan fingerprint density at radius 1 is 1.17 bits per heavy atom. The third-order valence-electron chi connectivity index (χ3n) is 5.69. The van der Waals surface area contributed by atoms with E-state index in [4.69, 9.17) is 11.6 Å². The molecule has 0 atom stereocenters. The Kier molecular flexibility index (Phi) is 4.49. The average molecular weight is 436 g/mol. The second-order valence-electron chi connectivity index (χ2n) is 7.48. The minimum absolute atomic E-state index is 0.0215. The van der Waals surface area contributed by atoms with Gasteiger partial charge in [0.05, 0.1) is 11.1 Å². The summed E-state index contributed by atoms with van der Waals surface area (Å²) in [6.07, 6.45) is 5.61. The van der Waals surface area contributed by atoms with E-state index >= 15 is 0 Å². The standard InChI is InChI=1S/C23H20ClN4OS/c1-14-7-6-10-28-21(14)27(12-16-11-25-23(24)30-16)13-18(22(28)29)20-15(2)26(3)19-9-5-4-8-17(19)20/h4-11,13H,12H2,1-3H3/q+1. The molecule has 0 aliphatic heterocycles. The largest absolute Gasteiger partial charge is 0.350 e. The Labute approximate surface area is 182 Å². The van der Waals surface area contributed by atoms with Gasteiger partial charge in [-0.05, 0) is 32.0 Å². The van der Waals surface area contributed by atoms with Crippen LogP contribution in [-0.2, 0) is 13.6 Å². The van der Waals surface area contributed by atoms with E-state index in [0.717, 1.165) is 38.2 Å². The molecule has 7 heteroatoms. The van der Waals surface area contributed by atoms with Gasteiger partial charge in [0, 0.05) is 41.0 Å². The van der Waals surface area contributed by atoms with Crippen LogP contribution in [0.2, 0.25) is 4.47 Å². The highest BCUT2D eigenvalue weighted by atomic mass is 35.5. The first-order chi connectivity index (χ1) is 14.5. The van der Waals surface area contributed by atoms with Gasteiger partial charge in [-0.25, -0.2) is 14.3 Å². The first-order valence-corrected chi connectivity index (χ1v) is 10.8. The van der Waals surface area contributed by atoms with Crippen LogP contribution in [0.1, 0.15) is 16.1 Å². The number of thiazole rings is 1. The van der Waals surface area contributed by atoms with Crippen molar-refractivity contribution in [3.05, 3.63) is 85.9 Å². The van der Waals surface area contributed by atoms with Gasteiger partial charge in [-0.15, -0.1) is 11.3 Å². The van der Waals surface area contributed by atoms with Crippen LogP contribution in [0.25, 0.3) is 27.7 Å². The van der Waals surface area contributed by atoms with Crippen molar-refractivity contribution in [2.24, 2.45) is 7.05 Å². The zero-order valence-corrected chi connectivity index (χ0v) is 18.5. The van der Waals surface area contributed by atoms with Crippen LogP contribution in [0.3, 0.4) is 0 Å². The number of halogens is 1. The maximum absolute atomic E-state index is 13.6. The second-order valence-corrected chi connectivity index (χ2v) is 9.17. The molecule has 4 heterocycles. The van der Waals surface area contributed by atoms with E-state index < -0.39 is 0 Å². The van der Waals surface area contributed by atoms with Crippen molar-refractivity contribution in [1.29, 1.82) is 0 Å². The van der Waals surface area contributed by atoms with Crippen LogP contribution in [0.4, 0.5) is 0 Å². The molecule has 5 aromatic rings. The Morgan fingerprint density at radius 2 is 1.97 bits per heavy atom. The Bertz CT molecular complexity index is 1490. The van der Waals surface area contributed by atoms with Gasteiger partial charge in [0.25, 0.3) is 5.65 Å². The van der Waals surface area contributed by atoms with E-state index in [1.165, 1.54) is 11.3 Å².